The highest BCUT2D eigenvalue weighted by atomic mass is 16.5. The van der Waals surface area contributed by atoms with Crippen molar-refractivity contribution in [3.8, 4) is 5.75 Å². The molecule has 0 saturated carbocycles. The highest BCUT2D eigenvalue weighted by Crippen LogP contribution is 2.16. The summed E-state index contributed by atoms with van der Waals surface area (Å²) in [5.41, 5.74) is 0.831. The number of benzene rings is 1. The summed E-state index contributed by atoms with van der Waals surface area (Å²) in [4.78, 5) is 25.8. The molecule has 0 radical (unpaired) electrons. The topological polar surface area (TPSA) is 70.7 Å². The van der Waals surface area contributed by atoms with Gasteiger partial charge in [-0.25, -0.2) is 0 Å². The first-order valence-corrected chi connectivity index (χ1v) is 8.02. The fraction of sp³-hybridized carbons (Fsp3) is 0.529. The minimum atomic E-state index is -0.626. The monoisotopic (exact) mass is 321 g/mol. The van der Waals surface area contributed by atoms with E-state index in [0.717, 1.165) is 31.6 Å². The van der Waals surface area contributed by atoms with Crippen molar-refractivity contribution in [1.82, 2.24) is 15.5 Å². The quantitative estimate of drug-likeness (QED) is 0.529. The molecular weight excluding hydrogens is 294 g/mol. The fourth-order valence-electron chi connectivity index (χ4n) is 2.23. The molecule has 6 nitrogen and oxygen atoms in total. The molecule has 0 bridgehead atoms. The molecule has 2 amide bonds. The Balaban J connectivity index is 2.30. The summed E-state index contributed by atoms with van der Waals surface area (Å²) < 4.78 is 5.20. The van der Waals surface area contributed by atoms with Crippen LogP contribution in [0.3, 0.4) is 0 Å². The molecule has 1 aromatic carbocycles. The van der Waals surface area contributed by atoms with Crippen LogP contribution in [0, 0.1) is 0 Å². The number of rotatable bonds is 9. The van der Waals surface area contributed by atoms with E-state index in [0.29, 0.717) is 12.3 Å². The first-order valence-electron chi connectivity index (χ1n) is 8.02. The number of nitrogens with one attached hydrogen (secondary N) is 2. The lowest BCUT2D eigenvalue weighted by Crippen LogP contribution is -2.40. The summed E-state index contributed by atoms with van der Waals surface area (Å²) in [6.45, 7) is 7.86. The van der Waals surface area contributed by atoms with Gasteiger partial charge in [0.05, 0.1) is 7.11 Å². The van der Waals surface area contributed by atoms with Gasteiger partial charge in [0.2, 0.25) is 0 Å². The number of methoxy groups -OCH3 is 1. The Morgan fingerprint density at radius 1 is 1.09 bits per heavy atom. The van der Waals surface area contributed by atoms with Gasteiger partial charge in [-0.3, -0.25) is 9.59 Å². The van der Waals surface area contributed by atoms with Gasteiger partial charge in [0.25, 0.3) is 0 Å². The lowest BCUT2D eigenvalue weighted by molar-refractivity contribution is -0.139. The van der Waals surface area contributed by atoms with E-state index in [9.17, 15) is 9.59 Å². The Morgan fingerprint density at radius 3 is 2.39 bits per heavy atom. The van der Waals surface area contributed by atoms with Crippen LogP contribution >= 0.6 is 0 Å². The molecule has 0 aromatic heterocycles. The summed E-state index contributed by atoms with van der Waals surface area (Å²) in [6, 6.07) is 7.37. The molecule has 0 fully saturated rings. The number of para-hydroxylation sites is 1. The van der Waals surface area contributed by atoms with Crippen molar-refractivity contribution >= 4 is 11.8 Å². The number of carbonyl (C=O) groups is 2. The van der Waals surface area contributed by atoms with Crippen molar-refractivity contribution in [2.24, 2.45) is 0 Å². The van der Waals surface area contributed by atoms with E-state index in [1.54, 1.807) is 7.11 Å². The fourth-order valence-corrected chi connectivity index (χ4v) is 2.23. The maximum Gasteiger partial charge on any atom is 0.309 e. The molecule has 0 atom stereocenters. The molecule has 0 saturated heterocycles. The third-order valence-electron chi connectivity index (χ3n) is 3.67. The summed E-state index contributed by atoms with van der Waals surface area (Å²) >= 11 is 0. The van der Waals surface area contributed by atoms with Crippen LogP contribution in [0.1, 0.15) is 25.8 Å². The van der Waals surface area contributed by atoms with E-state index in [4.69, 9.17) is 4.74 Å². The lowest BCUT2D eigenvalue weighted by Gasteiger charge is -2.17. The molecule has 0 aliphatic carbocycles. The van der Waals surface area contributed by atoms with Crippen molar-refractivity contribution in [2.45, 2.75) is 26.8 Å². The minimum Gasteiger partial charge on any atom is -0.496 e. The second-order valence-corrected chi connectivity index (χ2v) is 5.13. The molecule has 1 rings (SSSR count). The Bertz CT molecular complexity index is 502. The number of hydrogen-bond donors (Lipinski definition) is 2. The molecule has 23 heavy (non-hydrogen) atoms. The number of hydrogen-bond acceptors (Lipinski definition) is 4. The molecule has 0 spiro atoms. The zero-order chi connectivity index (χ0) is 17.1. The summed E-state index contributed by atoms with van der Waals surface area (Å²) in [6.07, 6.45) is 0.827. The van der Waals surface area contributed by atoms with Gasteiger partial charge in [0, 0.05) is 18.7 Å². The molecular formula is C17H27N3O3. The molecule has 2 N–H and O–H groups in total. The van der Waals surface area contributed by atoms with Crippen LogP contribution in [0.15, 0.2) is 24.3 Å². The van der Waals surface area contributed by atoms with E-state index >= 15 is 0 Å². The van der Waals surface area contributed by atoms with Crippen LogP contribution in [0.2, 0.25) is 0 Å². The smallest absolute Gasteiger partial charge is 0.309 e. The van der Waals surface area contributed by atoms with Crippen LogP contribution in [-0.2, 0) is 16.1 Å². The Hall–Kier alpha value is -2.08. The molecule has 0 aliphatic rings. The van der Waals surface area contributed by atoms with Gasteiger partial charge in [-0.1, -0.05) is 32.0 Å². The molecule has 1 aromatic rings. The summed E-state index contributed by atoms with van der Waals surface area (Å²) in [5, 5.41) is 5.25. The van der Waals surface area contributed by atoms with Crippen molar-refractivity contribution in [3.05, 3.63) is 29.8 Å². The van der Waals surface area contributed by atoms with Gasteiger partial charge < -0.3 is 20.3 Å². The van der Waals surface area contributed by atoms with Gasteiger partial charge in [-0.15, -0.1) is 0 Å². The SMILES string of the molecule is CCN(CC)CCCNC(=O)C(=O)NCc1ccccc1OC. The van der Waals surface area contributed by atoms with Crippen LogP contribution < -0.4 is 15.4 Å². The Kier molecular flexibility index (Phi) is 8.75. The largest absolute Gasteiger partial charge is 0.496 e. The van der Waals surface area contributed by atoms with Crippen LogP contribution in [0.4, 0.5) is 0 Å². The van der Waals surface area contributed by atoms with E-state index in [1.165, 1.54) is 0 Å². The number of amides is 2. The molecule has 128 valence electrons. The maximum atomic E-state index is 11.8. The number of carbonyl (C=O) groups excluding carboxylic acids is 2. The predicted molar refractivity (Wildman–Crippen MR) is 90.3 cm³/mol. The van der Waals surface area contributed by atoms with Crippen LogP contribution in [0.5, 0.6) is 5.75 Å². The molecule has 0 heterocycles. The van der Waals surface area contributed by atoms with E-state index < -0.39 is 11.8 Å². The second kappa shape index (κ2) is 10.6. The van der Waals surface area contributed by atoms with Gasteiger partial charge in [0.15, 0.2) is 0 Å². The average Bonchev–Trinajstić information content (AvgIpc) is 2.59. The Morgan fingerprint density at radius 2 is 1.74 bits per heavy atom. The Labute approximate surface area is 138 Å². The maximum absolute atomic E-state index is 11.8. The zero-order valence-corrected chi connectivity index (χ0v) is 14.2. The van der Waals surface area contributed by atoms with Crippen molar-refractivity contribution in [2.75, 3.05) is 33.3 Å². The third-order valence-corrected chi connectivity index (χ3v) is 3.67. The van der Waals surface area contributed by atoms with Crippen molar-refractivity contribution in [1.29, 1.82) is 0 Å². The van der Waals surface area contributed by atoms with Gasteiger partial charge in [-0.2, -0.15) is 0 Å². The second-order valence-electron chi connectivity index (χ2n) is 5.13. The summed E-state index contributed by atoms with van der Waals surface area (Å²) in [5.74, 6) is -0.536. The first kappa shape index (κ1) is 19.0. The lowest BCUT2D eigenvalue weighted by atomic mass is 10.2. The summed E-state index contributed by atoms with van der Waals surface area (Å²) in [7, 11) is 1.57. The van der Waals surface area contributed by atoms with E-state index in [1.807, 2.05) is 24.3 Å². The third kappa shape index (κ3) is 6.69. The van der Waals surface area contributed by atoms with E-state index in [2.05, 4.69) is 29.4 Å². The molecule has 6 heteroatoms. The highest BCUT2D eigenvalue weighted by molar-refractivity contribution is 6.35. The van der Waals surface area contributed by atoms with Crippen molar-refractivity contribution < 1.29 is 14.3 Å². The highest BCUT2D eigenvalue weighted by Gasteiger charge is 2.13. The predicted octanol–water partition coefficient (Wildman–Crippen LogP) is 1.16. The van der Waals surface area contributed by atoms with Gasteiger partial charge in [-0.05, 0) is 32.1 Å². The molecule has 0 aliphatic heterocycles. The van der Waals surface area contributed by atoms with Gasteiger partial charge in [0.1, 0.15) is 5.75 Å². The molecule has 0 unspecified atom stereocenters. The van der Waals surface area contributed by atoms with Gasteiger partial charge >= 0.3 is 11.8 Å². The normalized spacial score (nSPS) is 10.4. The van der Waals surface area contributed by atoms with E-state index in [-0.39, 0.29) is 6.54 Å². The zero-order valence-electron chi connectivity index (χ0n) is 14.2. The standard InChI is InChI=1S/C17H27N3O3/c1-4-20(5-2)12-8-11-18-16(21)17(22)19-13-14-9-6-7-10-15(14)23-3/h6-7,9-10H,4-5,8,11-13H2,1-3H3,(H,18,21)(H,19,22). The number of ether oxygens (including phenoxy) is 1. The minimum absolute atomic E-state index is 0.260. The average molecular weight is 321 g/mol. The van der Waals surface area contributed by atoms with Crippen LogP contribution in [-0.4, -0.2) is 50.0 Å². The van der Waals surface area contributed by atoms with Crippen molar-refractivity contribution in [3.63, 3.8) is 0 Å². The van der Waals surface area contributed by atoms with Crippen LogP contribution in [0.25, 0.3) is 0 Å². The first-order chi connectivity index (χ1) is 11.1. The number of nitrogens with zero attached hydrogens (tertiary/aromatic N) is 1.